The first-order valence-corrected chi connectivity index (χ1v) is 12.8. The van der Waals surface area contributed by atoms with Gasteiger partial charge in [0, 0.05) is 36.9 Å². The predicted octanol–water partition coefficient (Wildman–Crippen LogP) is 3.48. The van der Waals surface area contributed by atoms with Crippen molar-refractivity contribution >= 4 is 40.4 Å². The smallest absolute Gasteiger partial charge is 0.338 e. The lowest BCUT2D eigenvalue weighted by atomic mass is 9.93. The third-order valence-corrected chi connectivity index (χ3v) is 7.18. The molecule has 1 amide bonds. The van der Waals surface area contributed by atoms with Crippen LogP contribution in [-0.4, -0.2) is 72.8 Å². The van der Waals surface area contributed by atoms with E-state index in [0.717, 1.165) is 44.1 Å². The van der Waals surface area contributed by atoms with Crippen molar-refractivity contribution < 1.29 is 19.1 Å². The molecule has 1 fully saturated rings. The number of benzene rings is 1. The Balaban J connectivity index is 1.53. The number of ether oxygens (including phenoxy) is 2. The van der Waals surface area contributed by atoms with Gasteiger partial charge < -0.3 is 19.7 Å². The van der Waals surface area contributed by atoms with E-state index < -0.39 is 12.0 Å². The van der Waals surface area contributed by atoms with Crippen molar-refractivity contribution in [3.05, 3.63) is 69.9 Å². The maximum Gasteiger partial charge on any atom is 0.338 e. The van der Waals surface area contributed by atoms with E-state index in [1.807, 2.05) is 28.5 Å². The van der Waals surface area contributed by atoms with Gasteiger partial charge in [-0.25, -0.2) is 9.79 Å². The zero-order chi connectivity index (χ0) is 24.8. The van der Waals surface area contributed by atoms with Crippen molar-refractivity contribution in [3.63, 3.8) is 0 Å². The molecular weight excluding hydrogens is 488 g/mol. The number of carbonyl (C=O) groups excluding carboxylic acids is 2. The molecule has 0 aromatic heterocycles. The first kappa shape index (κ1) is 25.5. The molecule has 1 aromatic rings. The highest BCUT2D eigenvalue weighted by atomic mass is 35.5. The molecule has 1 N–H and O–H groups in total. The van der Waals surface area contributed by atoms with Crippen LogP contribution in [0.25, 0.3) is 0 Å². The van der Waals surface area contributed by atoms with Gasteiger partial charge >= 0.3 is 5.97 Å². The number of amides is 1. The monoisotopic (exact) mass is 516 g/mol. The summed E-state index contributed by atoms with van der Waals surface area (Å²) in [7, 11) is 0. The minimum Gasteiger partial charge on any atom is -0.458 e. The summed E-state index contributed by atoms with van der Waals surface area (Å²) in [6, 6.07) is 6.82. The molecule has 0 radical (unpaired) electrons. The first-order chi connectivity index (χ1) is 17.0. The number of fused-ring (bicyclic) bond motifs is 1. The number of aliphatic imine (C=N–C) groups is 1. The lowest BCUT2D eigenvalue weighted by Crippen LogP contribution is -2.42. The second kappa shape index (κ2) is 11.9. The molecule has 1 aromatic carbocycles. The number of morpholine rings is 1. The average Bonchev–Trinajstić information content (AvgIpc) is 3.24. The van der Waals surface area contributed by atoms with E-state index in [2.05, 4.69) is 21.8 Å². The maximum absolute atomic E-state index is 13.1. The van der Waals surface area contributed by atoms with Gasteiger partial charge in [0.1, 0.15) is 6.61 Å². The molecule has 8 nitrogen and oxygen atoms in total. The van der Waals surface area contributed by atoms with E-state index >= 15 is 0 Å². The molecule has 1 saturated heterocycles. The van der Waals surface area contributed by atoms with Crippen LogP contribution in [0.4, 0.5) is 0 Å². The number of hydrogen-bond acceptors (Lipinski definition) is 8. The molecule has 0 unspecified atom stereocenters. The van der Waals surface area contributed by atoms with Crippen molar-refractivity contribution in [1.29, 1.82) is 0 Å². The van der Waals surface area contributed by atoms with Crippen molar-refractivity contribution in [2.75, 3.05) is 46.0 Å². The number of allylic oxidation sites excluding steroid dienone is 1. The van der Waals surface area contributed by atoms with E-state index in [0.29, 0.717) is 28.0 Å². The summed E-state index contributed by atoms with van der Waals surface area (Å²) in [5.41, 5.74) is 2.45. The van der Waals surface area contributed by atoms with Crippen molar-refractivity contribution in [3.8, 4) is 0 Å². The fourth-order valence-corrected chi connectivity index (χ4v) is 5.44. The number of thioether (sulfide) groups is 1. The van der Waals surface area contributed by atoms with Gasteiger partial charge in [-0.3, -0.25) is 9.69 Å². The van der Waals surface area contributed by atoms with Gasteiger partial charge in [0.05, 0.1) is 36.9 Å². The molecule has 3 heterocycles. The quantitative estimate of drug-likeness (QED) is 0.397. The molecule has 3 aliphatic heterocycles. The van der Waals surface area contributed by atoms with Gasteiger partial charge in [-0.1, -0.05) is 54.2 Å². The zero-order valence-electron chi connectivity index (χ0n) is 19.7. The van der Waals surface area contributed by atoms with E-state index in [9.17, 15) is 9.59 Å². The summed E-state index contributed by atoms with van der Waals surface area (Å²) >= 11 is 8.02. The van der Waals surface area contributed by atoms with E-state index in [1.54, 1.807) is 13.0 Å². The van der Waals surface area contributed by atoms with Crippen molar-refractivity contribution in [1.82, 2.24) is 15.1 Å². The summed E-state index contributed by atoms with van der Waals surface area (Å²) in [5.74, 6) is -0.576. The summed E-state index contributed by atoms with van der Waals surface area (Å²) in [4.78, 5) is 34.8. The maximum atomic E-state index is 13.1. The Morgan fingerprint density at radius 2 is 2.11 bits per heavy atom. The van der Waals surface area contributed by atoms with Crippen LogP contribution in [0, 0.1) is 0 Å². The van der Waals surface area contributed by atoms with E-state index in [4.69, 9.17) is 21.1 Å². The van der Waals surface area contributed by atoms with Crippen molar-refractivity contribution in [2.45, 2.75) is 19.4 Å². The lowest BCUT2D eigenvalue weighted by Gasteiger charge is -2.36. The molecular formula is C25H29ClN4O4S. The molecule has 3 aliphatic rings. The molecule has 35 heavy (non-hydrogen) atoms. The van der Waals surface area contributed by atoms with Gasteiger partial charge in [0.2, 0.25) is 5.91 Å². The summed E-state index contributed by atoms with van der Waals surface area (Å²) in [6.45, 7) is 10.0. The molecule has 0 saturated carbocycles. The van der Waals surface area contributed by atoms with Gasteiger partial charge in [0.25, 0.3) is 0 Å². The molecule has 10 heteroatoms. The molecule has 4 rings (SSSR count). The minimum atomic E-state index is -0.559. The Hall–Kier alpha value is -2.59. The number of hydrogen-bond donors (Lipinski definition) is 1. The summed E-state index contributed by atoms with van der Waals surface area (Å²) in [5, 5.41) is 6.14. The van der Waals surface area contributed by atoms with Crippen LogP contribution in [0.5, 0.6) is 0 Å². The average molecular weight is 517 g/mol. The number of esters is 1. The first-order valence-electron chi connectivity index (χ1n) is 11.5. The highest BCUT2D eigenvalue weighted by molar-refractivity contribution is 8.16. The topological polar surface area (TPSA) is 83.5 Å². The second-order valence-corrected chi connectivity index (χ2v) is 9.53. The number of nitrogens with one attached hydrogen (secondary N) is 1. The Morgan fingerprint density at radius 3 is 2.86 bits per heavy atom. The summed E-state index contributed by atoms with van der Waals surface area (Å²) < 4.78 is 10.8. The number of halogens is 1. The van der Waals surface area contributed by atoms with Crippen LogP contribution in [0.1, 0.15) is 24.9 Å². The molecule has 0 aliphatic carbocycles. The van der Waals surface area contributed by atoms with E-state index in [-0.39, 0.29) is 18.9 Å². The third-order valence-electron chi connectivity index (χ3n) is 5.95. The van der Waals surface area contributed by atoms with Crippen LogP contribution < -0.4 is 5.32 Å². The lowest BCUT2D eigenvalue weighted by molar-refractivity contribution is -0.138. The van der Waals surface area contributed by atoms with Crippen LogP contribution in [-0.2, 0) is 19.1 Å². The molecule has 0 spiro atoms. The number of rotatable bonds is 9. The SMILES string of the molecule is C=CCOC(=O)C1=C(C)N=C2SC=C(CC(=O)NCCN3CCOCC3)N2[C@@H]1c1ccccc1Cl. The highest BCUT2D eigenvalue weighted by Gasteiger charge is 2.41. The molecule has 1 atom stereocenters. The van der Waals surface area contributed by atoms with Crippen LogP contribution in [0.15, 0.2) is 64.3 Å². The fourth-order valence-electron chi connectivity index (χ4n) is 4.24. The van der Waals surface area contributed by atoms with Gasteiger partial charge in [-0.15, -0.1) is 0 Å². The normalized spacial score (nSPS) is 20.2. The van der Waals surface area contributed by atoms with Gasteiger partial charge in [0.15, 0.2) is 5.17 Å². The Morgan fingerprint density at radius 1 is 1.34 bits per heavy atom. The number of amidine groups is 1. The van der Waals surface area contributed by atoms with E-state index in [1.165, 1.54) is 17.8 Å². The van der Waals surface area contributed by atoms with Gasteiger partial charge in [-0.05, 0) is 24.0 Å². The standard InChI is InChI=1S/C25H29ClN4O4S/c1-3-12-34-24(32)22-17(2)28-25-30(23(22)19-6-4-5-7-20(19)26)18(16-35-25)15-21(31)27-8-9-29-10-13-33-14-11-29/h3-7,16,23H,1,8-15H2,2H3,(H,27,31)/t23-/m1/s1. The number of nitrogens with zero attached hydrogens (tertiary/aromatic N) is 3. The number of carbonyl (C=O) groups is 2. The van der Waals surface area contributed by atoms with Crippen LogP contribution >= 0.6 is 23.4 Å². The Bertz CT molecular complexity index is 1080. The van der Waals surface area contributed by atoms with Crippen molar-refractivity contribution in [2.24, 2.45) is 4.99 Å². The molecule has 186 valence electrons. The predicted molar refractivity (Wildman–Crippen MR) is 138 cm³/mol. The van der Waals surface area contributed by atoms with Crippen LogP contribution in [0.2, 0.25) is 5.02 Å². The highest BCUT2D eigenvalue weighted by Crippen LogP contribution is 2.46. The third kappa shape index (κ3) is 5.98. The second-order valence-electron chi connectivity index (χ2n) is 8.28. The van der Waals surface area contributed by atoms with Crippen LogP contribution in [0.3, 0.4) is 0 Å². The molecule has 0 bridgehead atoms. The zero-order valence-corrected chi connectivity index (χ0v) is 21.2. The fraction of sp³-hybridized carbons (Fsp3) is 0.400. The minimum absolute atomic E-state index is 0.0877. The Kier molecular flexibility index (Phi) is 8.67. The summed E-state index contributed by atoms with van der Waals surface area (Å²) in [6.07, 6.45) is 1.68. The van der Waals surface area contributed by atoms with Gasteiger partial charge in [-0.2, -0.15) is 0 Å². The largest absolute Gasteiger partial charge is 0.458 e. The Labute approximate surface area is 214 Å².